The molecule has 0 aliphatic rings. The topological polar surface area (TPSA) is 78.8 Å². The summed E-state index contributed by atoms with van der Waals surface area (Å²) in [6.45, 7) is 5.06. The maximum Gasteiger partial charge on any atom is 0.245 e. The van der Waals surface area contributed by atoms with Gasteiger partial charge in [-0.05, 0) is 11.4 Å². The van der Waals surface area contributed by atoms with E-state index in [1.807, 2.05) is 4.57 Å². The molecule has 2 N–H and O–H groups in total. The summed E-state index contributed by atoms with van der Waals surface area (Å²) in [6.07, 6.45) is 1.47. The molecule has 3 aromatic rings. The highest BCUT2D eigenvalue weighted by atomic mass is 32.1. The zero-order valence-corrected chi connectivity index (χ0v) is 13.0. The third kappa shape index (κ3) is 2.33. The quantitative estimate of drug-likeness (QED) is 0.801. The minimum absolute atomic E-state index is 0.0614. The van der Waals surface area contributed by atoms with E-state index >= 15 is 0 Å². The second-order valence-electron chi connectivity index (χ2n) is 5.47. The zero-order chi connectivity index (χ0) is 15.0. The molecule has 6 nitrogen and oxygen atoms in total. The van der Waals surface area contributed by atoms with Crippen molar-refractivity contribution in [2.75, 3.05) is 12.8 Å². The Hall–Kier alpha value is -2.15. The summed E-state index contributed by atoms with van der Waals surface area (Å²) in [5.74, 6) is 0.868. The van der Waals surface area contributed by atoms with Crippen molar-refractivity contribution in [2.24, 2.45) is 0 Å². The van der Waals surface area contributed by atoms with Gasteiger partial charge in [0.2, 0.25) is 11.8 Å². The Labute approximate surface area is 126 Å². The van der Waals surface area contributed by atoms with Crippen molar-refractivity contribution in [2.45, 2.75) is 25.8 Å². The second kappa shape index (κ2) is 5.00. The molecule has 0 saturated carbocycles. The molecular weight excluding hydrogens is 286 g/mol. The van der Waals surface area contributed by atoms with Gasteiger partial charge in [-0.25, -0.2) is 9.97 Å². The minimum Gasteiger partial charge on any atom is -0.479 e. The van der Waals surface area contributed by atoms with Crippen molar-refractivity contribution in [1.29, 1.82) is 0 Å². The number of ether oxygens (including phenoxy) is 1. The van der Waals surface area contributed by atoms with Crippen molar-refractivity contribution in [1.82, 2.24) is 19.5 Å². The van der Waals surface area contributed by atoms with E-state index in [1.165, 1.54) is 11.2 Å². The molecule has 0 amide bonds. The van der Waals surface area contributed by atoms with Crippen LogP contribution >= 0.6 is 11.3 Å². The molecule has 0 atom stereocenters. The molecule has 3 rings (SSSR count). The fourth-order valence-corrected chi connectivity index (χ4v) is 3.22. The van der Waals surface area contributed by atoms with Gasteiger partial charge in [0.05, 0.1) is 7.11 Å². The highest BCUT2D eigenvalue weighted by molar-refractivity contribution is 7.10. The fraction of sp³-hybridized carbons (Fsp3) is 0.357. The van der Waals surface area contributed by atoms with Gasteiger partial charge in [0.15, 0.2) is 11.2 Å². The number of fused-ring (bicyclic) bond motifs is 1. The minimum atomic E-state index is -0.0614. The average molecular weight is 303 g/mol. The lowest BCUT2D eigenvalue weighted by Gasteiger charge is -2.24. The Bertz CT molecular complexity index is 763. The Kier molecular flexibility index (Phi) is 3.29. The van der Waals surface area contributed by atoms with Crippen molar-refractivity contribution >= 4 is 28.4 Å². The molecule has 0 radical (unpaired) electrons. The molecule has 7 heteroatoms. The van der Waals surface area contributed by atoms with E-state index in [0.29, 0.717) is 29.5 Å². The van der Waals surface area contributed by atoms with Crippen molar-refractivity contribution in [3.8, 4) is 5.88 Å². The van der Waals surface area contributed by atoms with Crippen LogP contribution in [0.25, 0.3) is 11.2 Å². The van der Waals surface area contributed by atoms with Crippen LogP contribution in [0.5, 0.6) is 5.88 Å². The van der Waals surface area contributed by atoms with Crippen LogP contribution in [0.15, 0.2) is 23.8 Å². The lowest BCUT2D eigenvalue weighted by atomic mass is 9.91. The summed E-state index contributed by atoms with van der Waals surface area (Å²) in [5, 5.41) is 2.08. The Morgan fingerprint density at radius 2 is 2.19 bits per heavy atom. The van der Waals surface area contributed by atoms with Crippen LogP contribution in [-0.2, 0) is 12.0 Å². The lowest BCUT2D eigenvalue weighted by Crippen LogP contribution is -2.24. The fourth-order valence-electron chi connectivity index (χ4n) is 2.37. The van der Waals surface area contributed by atoms with E-state index in [0.717, 1.165) is 0 Å². The molecule has 0 aliphatic carbocycles. The number of rotatable bonds is 4. The third-order valence-electron chi connectivity index (χ3n) is 3.46. The summed E-state index contributed by atoms with van der Waals surface area (Å²) in [4.78, 5) is 14.0. The highest BCUT2D eigenvalue weighted by Crippen LogP contribution is 2.32. The van der Waals surface area contributed by atoms with Crippen LogP contribution in [-0.4, -0.2) is 26.6 Å². The van der Waals surface area contributed by atoms with Crippen molar-refractivity contribution < 1.29 is 4.74 Å². The second-order valence-corrected chi connectivity index (χ2v) is 6.42. The zero-order valence-electron chi connectivity index (χ0n) is 12.2. The largest absolute Gasteiger partial charge is 0.479 e. The van der Waals surface area contributed by atoms with Gasteiger partial charge in [-0.3, -0.25) is 4.57 Å². The van der Waals surface area contributed by atoms with E-state index < -0.39 is 0 Å². The van der Waals surface area contributed by atoms with E-state index in [1.54, 1.807) is 18.4 Å². The van der Waals surface area contributed by atoms with Gasteiger partial charge < -0.3 is 10.5 Å². The van der Waals surface area contributed by atoms with Crippen LogP contribution < -0.4 is 10.5 Å². The first-order chi connectivity index (χ1) is 10.0. The van der Waals surface area contributed by atoms with E-state index in [9.17, 15) is 0 Å². The van der Waals surface area contributed by atoms with Gasteiger partial charge in [0.1, 0.15) is 6.33 Å². The Morgan fingerprint density at radius 1 is 1.38 bits per heavy atom. The smallest absolute Gasteiger partial charge is 0.245 e. The summed E-state index contributed by atoms with van der Waals surface area (Å²) in [6, 6.07) is 4.19. The summed E-state index contributed by atoms with van der Waals surface area (Å²) >= 11 is 1.74. The number of nitrogens with zero attached hydrogens (tertiary/aromatic N) is 4. The average Bonchev–Trinajstić information content (AvgIpc) is 3.08. The molecule has 3 heterocycles. The summed E-state index contributed by atoms with van der Waals surface area (Å²) in [5.41, 5.74) is 7.30. The number of nitrogen functional groups attached to an aromatic ring is 1. The van der Waals surface area contributed by atoms with Crippen LogP contribution in [0, 0.1) is 0 Å². The van der Waals surface area contributed by atoms with Gasteiger partial charge in [-0.15, -0.1) is 11.3 Å². The molecule has 0 saturated heterocycles. The first kappa shape index (κ1) is 13.8. The van der Waals surface area contributed by atoms with E-state index in [2.05, 4.69) is 46.3 Å². The number of hydrogen-bond acceptors (Lipinski definition) is 6. The number of nitrogens with two attached hydrogens (primary N) is 1. The van der Waals surface area contributed by atoms with Gasteiger partial charge in [-0.1, -0.05) is 19.9 Å². The monoisotopic (exact) mass is 303 g/mol. The summed E-state index contributed by atoms with van der Waals surface area (Å²) < 4.78 is 7.13. The first-order valence-electron chi connectivity index (χ1n) is 6.57. The number of anilines is 1. The normalized spacial score (nSPS) is 12.0. The molecule has 0 unspecified atom stereocenters. The third-order valence-corrected chi connectivity index (χ3v) is 4.70. The number of thiophene rings is 1. The Morgan fingerprint density at radius 3 is 2.86 bits per heavy atom. The van der Waals surface area contributed by atoms with Crippen LogP contribution in [0.2, 0.25) is 0 Å². The van der Waals surface area contributed by atoms with Gasteiger partial charge >= 0.3 is 0 Å². The molecule has 0 aromatic carbocycles. The molecule has 21 heavy (non-hydrogen) atoms. The molecule has 0 fully saturated rings. The lowest BCUT2D eigenvalue weighted by molar-refractivity contribution is 0.401. The number of methoxy groups -OCH3 is 1. The van der Waals surface area contributed by atoms with Gasteiger partial charge in [0.25, 0.3) is 0 Å². The van der Waals surface area contributed by atoms with E-state index in [4.69, 9.17) is 10.5 Å². The van der Waals surface area contributed by atoms with Gasteiger partial charge in [-0.2, -0.15) is 4.98 Å². The van der Waals surface area contributed by atoms with E-state index in [-0.39, 0.29) is 5.41 Å². The molecule has 0 aliphatic heterocycles. The molecule has 3 aromatic heterocycles. The molecule has 110 valence electrons. The Balaban J connectivity index is 2.07. The van der Waals surface area contributed by atoms with Crippen LogP contribution in [0.1, 0.15) is 18.7 Å². The SMILES string of the molecule is COc1ncnc2c1nc(N)n2CC(C)(C)c1cccs1. The van der Waals surface area contributed by atoms with Crippen molar-refractivity contribution in [3.05, 3.63) is 28.7 Å². The number of imidazole rings is 1. The predicted octanol–water partition coefficient (Wildman–Crippen LogP) is 2.46. The van der Waals surface area contributed by atoms with Crippen molar-refractivity contribution in [3.63, 3.8) is 0 Å². The number of aromatic nitrogens is 4. The maximum absolute atomic E-state index is 6.07. The molecular formula is C14H17N5OS. The molecule has 0 bridgehead atoms. The standard InChI is InChI=1S/C14H17N5OS/c1-14(2,9-5-4-6-21-9)7-19-11-10(18-13(19)15)12(20-3)17-8-16-11/h4-6,8H,7H2,1-3H3,(H2,15,18). The van der Waals surface area contributed by atoms with Gasteiger partial charge in [0, 0.05) is 16.8 Å². The highest BCUT2D eigenvalue weighted by Gasteiger charge is 2.25. The molecule has 0 spiro atoms. The van der Waals surface area contributed by atoms with Crippen LogP contribution in [0.3, 0.4) is 0 Å². The van der Waals surface area contributed by atoms with Crippen LogP contribution in [0.4, 0.5) is 5.95 Å². The first-order valence-corrected chi connectivity index (χ1v) is 7.45. The number of hydrogen-bond donors (Lipinski definition) is 1. The predicted molar refractivity (Wildman–Crippen MR) is 83.6 cm³/mol. The maximum atomic E-state index is 6.07. The summed E-state index contributed by atoms with van der Waals surface area (Å²) in [7, 11) is 1.56.